The quantitative estimate of drug-likeness (QED) is 0.311. The highest BCUT2D eigenvalue weighted by molar-refractivity contribution is 5.80. The van der Waals surface area contributed by atoms with Crippen LogP contribution in [0, 0.1) is 6.92 Å². The number of hydrogen-bond acceptors (Lipinski definition) is 6. The molecule has 2 heterocycles. The van der Waals surface area contributed by atoms with Crippen LogP contribution in [0.2, 0.25) is 0 Å². The van der Waals surface area contributed by atoms with Crippen LogP contribution in [0.5, 0.6) is 0 Å². The molecule has 2 aromatic rings. The minimum Gasteiger partial charge on any atom is -0.379 e. The van der Waals surface area contributed by atoms with Gasteiger partial charge in [0.15, 0.2) is 11.8 Å². The predicted octanol–water partition coefficient (Wildman–Crippen LogP) is 1.88. The fourth-order valence-electron chi connectivity index (χ4n) is 3.43. The second kappa shape index (κ2) is 12.4. The van der Waals surface area contributed by atoms with Crippen molar-refractivity contribution in [3.63, 3.8) is 0 Å². The third-order valence-corrected chi connectivity index (χ3v) is 5.57. The van der Waals surface area contributed by atoms with Crippen LogP contribution in [0.15, 0.2) is 35.3 Å². The molecule has 176 valence electrons. The van der Waals surface area contributed by atoms with Gasteiger partial charge in [0, 0.05) is 45.5 Å². The highest BCUT2D eigenvalue weighted by Gasteiger charge is 2.17. The lowest BCUT2D eigenvalue weighted by molar-refractivity contribution is 0.0347. The molecule has 2 unspecified atom stereocenters. The third kappa shape index (κ3) is 7.49. The van der Waals surface area contributed by atoms with E-state index in [4.69, 9.17) is 14.5 Å². The molecule has 0 radical (unpaired) electrons. The lowest BCUT2D eigenvalue weighted by Crippen LogP contribution is -2.45. The van der Waals surface area contributed by atoms with Gasteiger partial charge in [-0.05, 0) is 38.8 Å². The van der Waals surface area contributed by atoms with Crippen LogP contribution in [0.3, 0.4) is 0 Å². The average Bonchev–Trinajstić information content (AvgIpc) is 3.44. The van der Waals surface area contributed by atoms with E-state index < -0.39 is 0 Å². The van der Waals surface area contributed by atoms with E-state index in [-0.39, 0.29) is 12.1 Å². The molecule has 0 aliphatic carbocycles. The van der Waals surface area contributed by atoms with Gasteiger partial charge in [0.25, 0.3) is 0 Å². The maximum atomic E-state index is 5.95. The highest BCUT2D eigenvalue weighted by atomic mass is 16.5. The second-order valence-electron chi connectivity index (χ2n) is 8.29. The molecule has 0 bridgehead atoms. The van der Waals surface area contributed by atoms with Gasteiger partial charge < -0.3 is 29.6 Å². The minimum atomic E-state index is 0.120. The monoisotopic (exact) mass is 443 g/mol. The number of aromatic nitrogens is 3. The Bertz CT molecular complexity index is 834. The molecule has 1 aromatic carbocycles. The summed E-state index contributed by atoms with van der Waals surface area (Å²) in [5, 5.41) is 15.2. The molecule has 2 atom stereocenters. The predicted molar refractivity (Wildman–Crippen MR) is 127 cm³/mol. The number of para-hydroxylation sites is 1. The van der Waals surface area contributed by atoms with Crippen molar-refractivity contribution >= 4 is 11.6 Å². The van der Waals surface area contributed by atoms with E-state index in [0.29, 0.717) is 19.8 Å². The summed E-state index contributed by atoms with van der Waals surface area (Å²) < 4.78 is 13.3. The molecule has 9 nitrogen and oxygen atoms in total. The first-order valence-corrected chi connectivity index (χ1v) is 11.4. The molecule has 0 saturated carbocycles. The Kier molecular flexibility index (Phi) is 9.30. The van der Waals surface area contributed by atoms with Crippen molar-refractivity contribution in [2.45, 2.75) is 45.4 Å². The van der Waals surface area contributed by atoms with Crippen molar-refractivity contribution in [1.29, 1.82) is 0 Å². The molecule has 3 rings (SSSR count). The van der Waals surface area contributed by atoms with Gasteiger partial charge in [0.05, 0.1) is 19.3 Å². The van der Waals surface area contributed by atoms with Crippen molar-refractivity contribution in [3.8, 4) is 0 Å². The van der Waals surface area contributed by atoms with Gasteiger partial charge in [-0.25, -0.2) is 4.99 Å². The number of nitrogens with zero attached hydrogens (tertiary/aromatic N) is 5. The Balaban J connectivity index is 1.50. The fourth-order valence-corrected chi connectivity index (χ4v) is 3.43. The van der Waals surface area contributed by atoms with Crippen LogP contribution in [-0.4, -0.2) is 72.8 Å². The molecule has 1 aromatic heterocycles. The molecule has 0 spiro atoms. The molecule has 1 aliphatic rings. The van der Waals surface area contributed by atoms with Crippen LogP contribution in [-0.2, 0) is 23.1 Å². The van der Waals surface area contributed by atoms with Crippen molar-refractivity contribution < 1.29 is 9.47 Å². The molecular formula is C23H37N7O2. The van der Waals surface area contributed by atoms with E-state index in [1.54, 1.807) is 0 Å². The van der Waals surface area contributed by atoms with E-state index in [2.05, 4.69) is 64.0 Å². The van der Waals surface area contributed by atoms with Crippen LogP contribution in [0.25, 0.3) is 0 Å². The van der Waals surface area contributed by atoms with Crippen LogP contribution < -0.4 is 15.5 Å². The summed E-state index contributed by atoms with van der Waals surface area (Å²) in [6, 6.07) is 10.5. The number of anilines is 1. The fraction of sp³-hybridized carbons (Fsp3) is 0.609. The number of guanidine groups is 1. The number of rotatable bonds is 11. The van der Waals surface area contributed by atoms with Crippen molar-refractivity contribution in [2.75, 3.05) is 44.9 Å². The number of nitrogens with one attached hydrogen (secondary N) is 2. The standard InChI is InChI=1S/C23H37N7O2/c1-18(16-32-21-11-14-31-17-21)26-23(25-15-22-28-27-19(2)30(22)4)24-12-8-13-29(3)20-9-6-5-7-10-20/h5-7,9-10,18,21H,8,11-17H2,1-4H3,(H2,24,25,26). The SMILES string of the molecule is Cc1nnc(CN=C(NCCCN(C)c2ccccc2)NC(C)COC2CCOC2)n1C. The van der Waals surface area contributed by atoms with Crippen LogP contribution in [0.1, 0.15) is 31.4 Å². The molecule has 0 amide bonds. The summed E-state index contributed by atoms with van der Waals surface area (Å²) in [4.78, 5) is 7.00. The van der Waals surface area contributed by atoms with E-state index in [1.807, 2.05) is 24.6 Å². The van der Waals surface area contributed by atoms with Crippen LogP contribution in [0.4, 0.5) is 5.69 Å². The lowest BCUT2D eigenvalue weighted by atomic mass is 10.3. The van der Waals surface area contributed by atoms with Crippen LogP contribution >= 0.6 is 0 Å². The molecule has 1 saturated heterocycles. The molecular weight excluding hydrogens is 406 g/mol. The molecule has 32 heavy (non-hydrogen) atoms. The number of aryl methyl sites for hydroxylation is 1. The maximum absolute atomic E-state index is 5.95. The Morgan fingerprint density at radius 1 is 1.34 bits per heavy atom. The van der Waals surface area contributed by atoms with Gasteiger partial charge in [-0.2, -0.15) is 0 Å². The summed E-state index contributed by atoms with van der Waals surface area (Å²) in [6.07, 6.45) is 2.15. The van der Waals surface area contributed by atoms with Gasteiger partial charge in [-0.3, -0.25) is 0 Å². The smallest absolute Gasteiger partial charge is 0.191 e. The van der Waals surface area contributed by atoms with Gasteiger partial charge >= 0.3 is 0 Å². The minimum absolute atomic E-state index is 0.120. The zero-order chi connectivity index (χ0) is 22.8. The number of ether oxygens (including phenoxy) is 2. The Morgan fingerprint density at radius 2 is 2.16 bits per heavy atom. The third-order valence-electron chi connectivity index (χ3n) is 5.57. The first-order chi connectivity index (χ1) is 15.5. The average molecular weight is 444 g/mol. The molecule has 2 N–H and O–H groups in total. The van der Waals surface area contributed by atoms with Gasteiger partial charge in [0.1, 0.15) is 12.4 Å². The normalized spacial score (nSPS) is 17.4. The van der Waals surface area contributed by atoms with Crippen molar-refractivity contribution in [3.05, 3.63) is 42.0 Å². The van der Waals surface area contributed by atoms with Gasteiger partial charge in [-0.15, -0.1) is 10.2 Å². The van der Waals surface area contributed by atoms with Gasteiger partial charge in [0.2, 0.25) is 0 Å². The number of benzene rings is 1. The Labute approximate surface area is 191 Å². The van der Waals surface area contributed by atoms with E-state index in [0.717, 1.165) is 50.1 Å². The summed E-state index contributed by atoms with van der Waals surface area (Å²) in [7, 11) is 4.07. The summed E-state index contributed by atoms with van der Waals surface area (Å²) >= 11 is 0. The van der Waals surface area contributed by atoms with Crippen molar-refractivity contribution in [2.24, 2.45) is 12.0 Å². The Morgan fingerprint density at radius 3 is 2.84 bits per heavy atom. The number of hydrogen-bond donors (Lipinski definition) is 2. The Hall–Kier alpha value is -2.65. The largest absolute Gasteiger partial charge is 0.379 e. The van der Waals surface area contributed by atoms with Gasteiger partial charge in [-0.1, -0.05) is 18.2 Å². The van der Waals surface area contributed by atoms with Crippen molar-refractivity contribution in [1.82, 2.24) is 25.4 Å². The van der Waals surface area contributed by atoms with E-state index in [1.165, 1.54) is 5.69 Å². The van der Waals surface area contributed by atoms with E-state index in [9.17, 15) is 0 Å². The topological polar surface area (TPSA) is 88.8 Å². The number of aliphatic imine (C=N–C) groups is 1. The molecule has 1 aliphatic heterocycles. The lowest BCUT2D eigenvalue weighted by Gasteiger charge is -2.21. The summed E-state index contributed by atoms with van der Waals surface area (Å²) in [5.41, 5.74) is 1.22. The summed E-state index contributed by atoms with van der Waals surface area (Å²) in [5.74, 6) is 2.47. The zero-order valence-electron chi connectivity index (χ0n) is 19.8. The highest BCUT2D eigenvalue weighted by Crippen LogP contribution is 2.11. The maximum Gasteiger partial charge on any atom is 0.191 e. The second-order valence-corrected chi connectivity index (χ2v) is 8.29. The molecule has 9 heteroatoms. The summed E-state index contributed by atoms with van der Waals surface area (Å²) in [6.45, 7) is 8.34. The molecule has 1 fully saturated rings. The zero-order valence-corrected chi connectivity index (χ0v) is 19.8. The first kappa shape index (κ1) is 24.0. The first-order valence-electron chi connectivity index (χ1n) is 11.4. The van der Waals surface area contributed by atoms with E-state index >= 15 is 0 Å².